The SMILES string of the molecule is O=C(Nc1ccc(-c2nccs2)cc1)c1cn(Cc2ccccc2)nn1. The zero-order chi connectivity index (χ0) is 17.8. The number of aromatic nitrogens is 4. The van der Waals surface area contributed by atoms with Crippen molar-refractivity contribution in [2.24, 2.45) is 0 Å². The molecule has 0 aliphatic carbocycles. The summed E-state index contributed by atoms with van der Waals surface area (Å²) in [6, 6.07) is 17.5. The van der Waals surface area contributed by atoms with Gasteiger partial charge < -0.3 is 5.32 Å². The summed E-state index contributed by atoms with van der Waals surface area (Å²) in [6.07, 6.45) is 3.42. The zero-order valence-corrected chi connectivity index (χ0v) is 14.6. The summed E-state index contributed by atoms with van der Waals surface area (Å²) in [5, 5.41) is 13.7. The third-order valence-electron chi connectivity index (χ3n) is 3.78. The van der Waals surface area contributed by atoms with Gasteiger partial charge in [0.05, 0.1) is 12.7 Å². The number of nitrogens with zero attached hydrogens (tertiary/aromatic N) is 4. The first-order chi connectivity index (χ1) is 12.8. The molecule has 1 N–H and O–H groups in total. The van der Waals surface area contributed by atoms with Gasteiger partial charge in [-0.1, -0.05) is 35.5 Å². The van der Waals surface area contributed by atoms with E-state index >= 15 is 0 Å². The van der Waals surface area contributed by atoms with E-state index in [0.717, 1.165) is 16.1 Å². The topological polar surface area (TPSA) is 72.7 Å². The van der Waals surface area contributed by atoms with Crippen LogP contribution in [0.2, 0.25) is 0 Å². The second kappa shape index (κ2) is 7.28. The number of benzene rings is 2. The first kappa shape index (κ1) is 16.2. The molecular weight excluding hydrogens is 346 g/mol. The summed E-state index contributed by atoms with van der Waals surface area (Å²) in [4.78, 5) is 16.6. The first-order valence-corrected chi connectivity index (χ1v) is 8.91. The monoisotopic (exact) mass is 361 g/mol. The maximum absolute atomic E-state index is 12.4. The highest BCUT2D eigenvalue weighted by Crippen LogP contribution is 2.23. The molecule has 0 fully saturated rings. The van der Waals surface area contributed by atoms with Crippen molar-refractivity contribution in [1.29, 1.82) is 0 Å². The Hall–Kier alpha value is -3.32. The molecule has 0 radical (unpaired) electrons. The fourth-order valence-corrected chi connectivity index (χ4v) is 3.15. The summed E-state index contributed by atoms with van der Waals surface area (Å²) < 4.78 is 1.65. The van der Waals surface area contributed by atoms with Crippen molar-refractivity contribution in [3.8, 4) is 10.6 Å². The third-order valence-corrected chi connectivity index (χ3v) is 4.60. The fraction of sp³-hybridized carbons (Fsp3) is 0.0526. The van der Waals surface area contributed by atoms with Crippen molar-refractivity contribution >= 4 is 22.9 Å². The summed E-state index contributed by atoms with van der Waals surface area (Å²) in [5.41, 5.74) is 3.10. The van der Waals surface area contributed by atoms with Crippen LogP contribution in [0.5, 0.6) is 0 Å². The van der Waals surface area contributed by atoms with Crippen LogP contribution in [0.1, 0.15) is 16.1 Å². The quantitative estimate of drug-likeness (QED) is 0.588. The molecule has 1 amide bonds. The van der Waals surface area contributed by atoms with Gasteiger partial charge >= 0.3 is 0 Å². The van der Waals surface area contributed by atoms with E-state index < -0.39 is 0 Å². The van der Waals surface area contributed by atoms with Crippen molar-refractivity contribution in [3.05, 3.63) is 83.6 Å². The summed E-state index contributed by atoms with van der Waals surface area (Å²) in [5.74, 6) is -0.286. The van der Waals surface area contributed by atoms with Crippen molar-refractivity contribution in [2.45, 2.75) is 6.54 Å². The number of hydrogen-bond acceptors (Lipinski definition) is 5. The minimum Gasteiger partial charge on any atom is -0.321 e. The molecule has 4 aromatic rings. The van der Waals surface area contributed by atoms with Crippen molar-refractivity contribution < 1.29 is 4.79 Å². The molecule has 2 aromatic heterocycles. The summed E-state index contributed by atoms with van der Waals surface area (Å²) >= 11 is 1.58. The van der Waals surface area contributed by atoms with Crippen LogP contribution in [0.3, 0.4) is 0 Å². The molecule has 0 aliphatic heterocycles. The van der Waals surface area contributed by atoms with E-state index in [1.807, 2.05) is 60.0 Å². The molecule has 128 valence electrons. The van der Waals surface area contributed by atoms with Crippen LogP contribution in [0.15, 0.2) is 72.4 Å². The number of anilines is 1. The van der Waals surface area contributed by atoms with Crippen molar-refractivity contribution in [2.75, 3.05) is 5.32 Å². The highest BCUT2D eigenvalue weighted by molar-refractivity contribution is 7.13. The smallest absolute Gasteiger partial charge is 0.277 e. The average Bonchev–Trinajstić information content (AvgIpc) is 3.35. The van der Waals surface area contributed by atoms with Crippen molar-refractivity contribution in [1.82, 2.24) is 20.0 Å². The van der Waals surface area contributed by atoms with Gasteiger partial charge in [0.15, 0.2) is 5.69 Å². The number of thiazole rings is 1. The lowest BCUT2D eigenvalue weighted by Crippen LogP contribution is -2.12. The molecule has 4 rings (SSSR count). The minimum atomic E-state index is -0.286. The van der Waals surface area contributed by atoms with Crippen LogP contribution in [-0.4, -0.2) is 25.9 Å². The van der Waals surface area contributed by atoms with Crippen LogP contribution >= 0.6 is 11.3 Å². The Morgan fingerprint density at radius 3 is 2.62 bits per heavy atom. The Morgan fingerprint density at radius 2 is 1.88 bits per heavy atom. The van der Waals surface area contributed by atoms with E-state index in [2.05, 4.69) is 20.6 Å². The Kier molecular flexibility index (Phi) is 4.53. The molecule has 2 heterocycles. The second-order valence-electron chi connectivity index (χ2n) is 5.66. The predicted molar refractivity (Wildman–Crippen MR) is 101 cm³/mol. The van der Waals surface area contributed by atoms with Crippen LogP contribution in [0.4, 0.5) is 5.69 Å². The van der Waals surface area contributed by atoms with Gasteiger partial charge in [-0.25, -0.2) is 9.67 Å². The highest BCUT2D eigenvalue weighted by Gasteiger charge is 2.11. The van der Waals surface area contributed by atoms with Crippen LogP contribution < -0.4 is 5.32 Å². The molecule has 0 aliphatic rings. The fourth-order valence-electron chi connectivity index (χ4n) is 2.51. The lowest BCUT2D eigenvalue weighted by atomic mass is 10.2. The molecule has 0 saturated carbocycles. The molecule has 26 heavy (non-hydrogen) atoms. The van der Waals surface area contributed by atoms with E-state index in [4.69, 9.17) is 0 Å². The van der Waals surface area contributed by atoms with Gasteiger partial charge in [0.25, 0.3) is 5.91 Å². The van der Waals surface area contributed by atoms with Gasteiger partial charge in [-0.05, 0) is 29.8 Å². The molecule has 7 heteroatoms. The van der Waals surface area contributed by atoms with E-state index in [1.54, 1.807) is 28.4 Å². The largest absolute Gasteiger partial charge is 0.321 e. The Balaban J connectivity index is 1.42. The minimum absolute atomic E-state index is 0.282. The number of nitrogens with one attached hydrogen (secondary N) is 1. The lowest BCUT2D eigenvalue weighted by molar-refractivity contribution is 0.102. The molecule has 2 aromatic carbocycles. The molecule has 0 unspecified atom stereocenters. The van der Waals surface area contributed by atoms with Crippen LogP contribution in [-0.2, 0) is 6.54 Å². The van der Waals surface area contributed by atoms with Crippen LogP contribution in [0, 0.1) is 0 Å². The number of hydrogen-bond donors (Lipinski definition) is 1. The van der Waals surface area contributed by atoms with E-state index in [9.17, 15) is 4.79 Å². The van der Waals surface area contributed by atoms with Crippen molar-refractivity contribution in [3.63, 3.8) is 0 Å². The van der Waals surface area contributed by atoms with E-state index in [-0.39, 0.29) is 11.6 Å². The maximum Gasteiger partial charge on any atom is 0.277 e. The Morgan fingerprint density at radius 1 is 1.08 bits per heavy atom. The molecule has 6 nitrogen and oxygen atoms in total. The molecule has 0 bridgehead atoms. The second-order valence-corrected chi connectivity index (χ2v) is 6.55. The third kappa shape index (κ3) is 3.68. The highest BCUT2D eigenvalue weighted by atomic mass is 32.1. The standard InChI is InChI=1S/C19H15N5OS/c25-18(17-13-24(23-22-17)12-14-4-2-1-3-5-14)21-16-8-6-15(7-9-16)19-20-10-11-26-19/h1-11,13H,12H2,(H,21,25). The van der Waals surface area contributed by atoms with Gasteiger partial charge in [0.1, 0.15) is 5.01 Å². The Labute approximate surface area is 154 Å². The van der Waals surface area contributed by atoms with E-state index in [1.165, 1.54) is 0 Å². The Bertz CT molecular complexity index is 994. The molecular formula is C19H15N5OS. The normalized spacial score (nSPS) is 10.6. The van der Waals surface area contributed by atoms with Gasteiger partial charge in [0.2, 0.25) is 0 Å². The molecule has 0 atom stereocenters. The number of amides is 1. The van der Waals surface area contributed by atoms with Crippen LogP contribution in [0.25, 0.3) is 10.6 Å². The lowest BCUT2D eigenvalue weighted by Gasteiger charge is -2.04. The summed E-state index contributed by atoms with van der Waals surface area (Å²) in [6.45, 7) is 0.573. The molecule has 0 saturated heterocycles. The maximum atomic E-state index is 12.4. The van der Waals surface area contributed by atoms with Gasteiger partial charge in [-0.3, -0.25) is 4.79 Å². The first-order valence-electron chi connectivity index (χ1n) is 8.03. The zero-order valence-electron chi connectivity index (χ0n) is 13.7. The van der Waals surface area contributed by atoms with Gasteiger partial charge in [-0.2, -0.15) is 0 Å². The predicted octanol–water partition coefficient (Wildman–Crippen LogP) is 3.70. The summed E-state index contributed by atoms with van der Waals surface area (Å²) in [7, 11) is 0. The van der Waals surface area contributed by atoms with Gasteiger partial charge in [0, 0.05) is 22.8 Å². The number of carbonyl (C=O) groups excluding carboxylic acids is 1. The number of rotatable bonds is 5. The van der Waals surface area contributed by atoms with Gasteiger partial charge in [-0.15, -0.1) is 16.4 Å². The molecule has 0 spiro atoms. The van der Waals surface area contributed by atoms with E-state index in [0.29, 0.717) is 12.2 Å². The number of carbonyl (C=O) groups is 1. The average molecular weight is 361 g/mol.